The molecule has 1 heterocycles. The number of benzene rings is 1. The first kappa shape index (κ1) is 14.6. The third-order valence-electron chi connectivity index (χ3n) is 2.95. The van der Waals surface area contributed by atoms with E-state index in [-0.39, 0.29) is 11.3 Å². The molecular weight excluding hydrogens is 275 g/mol. The van der Waals surface area contributed by atoms with Gasteiger partial charge in [0.1, 0.15) is 11.5 Å². The van der Waals surface area contributed by atoms with Gasteiger partial charge in [0.2, 0.25) is 0 Å². The van der Waals surface area contributed by atoms with Crippen molar-refractivity contribution in [3.8, 4) is 0 Å². The third kappa shape index (κ3) is 3.42. The smallest absolute Gasteiger partial charge is 0.338 e. The van der Waals surface area contributed by atoms with Crippen LogP contribution in [0, 0.1) is 5.82 Å². The lowest BCUT2D eigenvalue weighted by atomic mass is 10.1. The first-order chi connectivity index (χ1) is 9.99. The van der Waals surface area contributed by atoms with Crippen LogP contribution in [0.25, 0.3) is 0 Å². The highest BCUT2D eigenvalue weighted by atomic mass is 19.1. The zero-order valence-corrected chi connectivity index (χ0v) is 11.2. The molecule has 0 bridgehead atoms. The summed E-state index contributed by atoms with van der Waals surface area (Å²) in [4.78, 5) is 27.0. The van der Waals surface area contributed by atoms with E-state index >= 15 is 0 Å². The number of carboxylic acid groups (broad SMARTS) is 1. The molecular formula is C15H13FN2O3. The summed E-state index contributed by atoms with van der Waals surface area (Å²) < 4.78 is 13.2. The molecule has 0 fully saturated rings. The number of hydrogen-bond acceptors (Lipinski definition) is 3. The molecule has 108 valence electrons. The van der Waals surface area contributed by atoms with Crippen molar-refractivity contribution in [2.45, 2.75) is 13.0 Å². The molecule has 0 radical (unpaired) electrons. The molecule has 0 aliphatic rings. The van der Waals surface area contributed by atoms with Crippen LogP contribution >= 0.6 is 0 Å². The zero-order chi connectivity index (χ0) is 15.4. The minimum Gasteiger partial charge on any atom is -0.478 e. The molecule has 1 aromatic heterocycles. The number of nitrogens with one attached hydrogen (secondary N) is 1. The van der Waals surface area contributed by atoms with Crippen molar-refractivity contribution in [1.29, 1.82) is 0 Å². The number of carbonyl (C=O) groups is 2. The van der Waals surface area contributed by atoms with Crippen LogP contribution in [-0.2, 0) is 0 Å². The summed E-state index contributed by atoms with van der Waals surface area (Å²) in [5.74, 6) is -2.26. The number of halogens is 1. The summed E-state index contributed by atoms with van der Waals surface area (Å²) in [6.07, 6.45) is 1.34. The summed E-state index contributed by atoms with van der Waals surface area (Å²) in [5, 5.41) is 11.6. The highest BCUT2D eigenvalue weighted by molar-refractivity contribution is 6.03. The molecule has 1 atom stereocenters. The Morgan fingerprint density at radius 1 is 1.29 bits per heavy atom. The van der Waals surface area contributed by atoms with Gasteiger partial charge in [0.25, 0.3) is 5.91 Å². The zero-order valence-electron chi connectivity index (χ0n) is 11.2. The Morgan fingerprint density at radius 3 is 2.71 bits per heavy atom. The minimum absolute atomic E-state index is 0.173. The molecule has 0 unspecified atom stereocenters. The molecule has 0 saturated heterocycles. The van der Waals surface area contributed by atoms with Crippen LogP contribution in [0.4, 0.5) is 4.39 Å². The van der Waals surface area contributed by atoms with E-state index in [1.165, 1.54) is 36.5 Å². The van der Waals surface area contributed by atoms with Gasteiger partial charge in [0.15, 0.2) is 0 Å². The summed E-state index contributed by atoms with van der Waals surface area (Å²) in [6.45, 7) is 1.68. The van der Waals surface area contributed by atoms with Crippen LogP contribution in [-0.4, -0.2) is 22.0 Å². The average Bonchev–Trinajstić information content (AvgIpc) is 2.47. The first-order valence-electron chi connectivity index (χ1n) is 6.23. The van der Waals surface area contributed by atoms with E-state index in [9.17, 15) is 14.0 Å². The maximum atomic E-state index is 13.2. The molecule has 0 spiro atoms. The quantitative estimate of drug-likeness (QED) is 0.905. The molecule has 5 nitrogen and oxygen atoms in total. The van der Waals surface area contributed by atoms with Gasteiger partial charge in [-0.1, -0.05) is 12.1 Å². The van der Waals surface area contributed by atoms with Crippen molar-refractivity contribution in [2.24, 2.45) is 0 Å². The lowest BCUT2D eigenvalue weighted by Crippen LogP contribution is -2.29. The molecule has 1 amide bonds. The molecule has 2 rings (SSSR count). The number of rotatable bonds is 4. The largest absolute Gasteiger partial charge is 0.478 e. The number of aromatic nitrogens is 1. The van der Waals surface area contributed by atoms with Gasteiger partial charge in [-0.05, 0) is 36.8 Å². The molecule has 21 heavy (non-hydrogen) atoms. The van der Waals surface area contributed by atoms with Gasteiger partial charge in [-0.3, -0.25) is 9.78 Å². The number of nitrogens with zero attached hydrogens (tertiary/aromatic N) is 1. The fraction of sp³-hybridized carbons (Fsp3) is 0.133. The molecule has 6 heteroatoms. The molecule has 0 aliphatic heterocycles. The van der Waals surface area contributed by atoms with E-state index in [4.69, 9.17) is 5.11 Å². The Hall–Kier alpha value is -2.76. The Bertz CT molecular complexity index is 688. The van der Waals surface area contributed by atoms with Gasteiger partial charge in [-0.15, -0.1) is 0 Å². The Morgan fingerprint density at radius 2 is 2.05 bits per heavy atom. The Labute approximate surface area is 120 Å². The number of carbonyl (C=O) groups excluding carboxylic acids is 1. The third-order valence-corrected chi connectivity index (χ3v) is 2.95. The highest BCUT2D eigenvalue weighted by Crippen LogP contribution is 2.15. The first-order valence-corrected chi connectivity index (χ1v) is 6.23. The van der Waals surface area contributed by atoms with Crippen molar-refractivity contribution < 1.29 is 19.1 Å². The van der Waals surface area contributed by atoms with E-state index < -0.39 is 23.7 Å². The summed E-state index contributed by atoms with van der Waals surface area (Å²) in [5.41, 5.74) is 0.228. The summed E-state index contributed by atoms with van der Waals surface area (Å²) in [6, 6.07) is 8.09. The minimum atomic E-state index is -1.23. The Kier molecular flexibility index (Phi) is 4.27. The fourth-order valence-corrected chi connectivity index (χ4v) is 1.88. The van der Waals surface area contributed by atoms with Crippen LogP contribution in [0.15, 0.2) is 42.6 Å². The number of hydrogen-bond donors (Lipinski definition) is 2. The topological polar surface area (TPSA) is 79.3 Å². The number of amides is 1. The van der Waals surface area contributed by atoms with Crippen molar-refractivity contribution >= 4 is 11.9 Å². The number of carboxylic acids is 1. The van der Waals surface area contributed by atoms with Gasteiger partial charge in [-0.25, -0.2) is 9.18 Å². The van der Waals surface area contributed by atoms with Crippen LogP contribution in [0.1, 0.15) is 39.4 Å². The van der Waals surface area contributed by atoms with E-state index in [1.807, 2.05) is 0 Å². The number of pyridine rings is 1. The molecule has 1 aromatic carbocycles. The van der Waals surface area contributed by atoms with Gasteiger partial charge < -0.3 is 10.4 Å². The Balaban J connectivity index is 2.20. The van der Waals surface area contributed by atoms with Crippen LogP contribution in [0.3, 0.4) is 0 Å². The van der Waals surface area contributed by atoms with Gasteiger partial charge in [0, 0.05) is 6.20 Å². The van der Waals surface area contributed by atoms with E-state index in [0.29, 0.717) is 5.56 Å². The molecule has 0 saturated carbocycles. The maximum absolute atomic E-state index is 13.2. The van der Waals surface area contributed by atoms with E-state index in [2.05, 4.69) is 10.3 Å². The maximum Gasteiger partial charge on any atom is 0.338 e. The lowest BCUT2D eigenvalue weighted by Gasteiger charge is -2.14. The lowest BCUT2D eigenvalue weighted by molar-refractivity contribution is 0.0689. The summed E-state index contributed by atoms with van der Waals surface area (Å²) >= 11 is 0. The van der Waals surface area contributed by atoms with Crippen LogP contribution < -0.4 is 5.32 Å². The summed E-state index contributed by atoms with van der Waals surface area (Å²) in [7, 11) is 0. The molecule has 0 aliphatic carbocycles. The van der Waals surface area contributed by atoms with Crippen LogP contribution in [0.5, 0.6) is 0 Å². The second-order valence-corrected chi connectivity index (χ2v) is 4.45. The monoisotopic (exact) mass is 288 g/mol. The van der Waals surface area contributed by atoms with Gasteiger partial charge in [-0.2, -0.15) is 0 Å². The standard InChI is InChI=1S/C15H13FN2O3/c1-9(10-4-2-5-11(16)8-10)18-14(19)13-12(15(20)21)6-3-7-17-13/h2-9H,1H3,(H,18,19)(H,20,21)/t9-/m0/s1. The number of aromatic carboxylic acids is 1. The fourth-order valence-electron chi connectivity index (χ4n) is 1.88. The predicted octanol–water partition coefficient (Wildman–Crippen LogP) is 2.41. The van der Waals surface area contributed by atoms with Crippen molar-refractivity contribution in [2.75, 3.05) is 0 Å². The van der Waals surface area contributed by atoms with Crippen molar-refractivity contribution in [1.82, 2.24) is 10.3 Å². The van der Waals surface area contributed by atoms with Crippen molar-refractivity contribution in [3.05, 3.63) is 65.2 Å². The molecule has 2 N–H and O–H groups in total. The van der Waals surface area contributed by atoms with Gasteiger partial charge in [0.05, 0.1) is 11.6 Å². The second-order valence-electron chi connectivity index (χ2n) is 4.45. The second kappa shape index (κ2) is 6.13. The highest BCUT2D eigenvalue weighted by Gasteiger charge is 2.19. The van der Waals surface area contributed by atoms with E-state index in [1.54, 1.807) is 13.0 Å². The van der Waals surface area contributed by atoms with Gasteiger partial charge >= 0.3 is 5.97 Å². The van der Waals surface area contributed by atoms with Crippen LogP contribution in [0.2, 0.25) is 0 Å². The molecule has 2 aromatic rings. The van der Waals surface area contributed by atoms with E-state index in [0.717, 1.165) is 0 Å². The predicted molar refractivity (Wildman–Crippen MR) is 73.5 cm³/mol. The normalized spacial score (nSPS) is 11.7. The SMILES string of the molecule is C[C@H](NC(=O)c1ncccc1C(=O)O)c1cccc(F)c1. The average molecular weight is 288 g/mol. The van der Waals surface area contributed by atoms with Crippen molar-refractivity contribution in [3.63, 3.8) is 0 Å².